The van der Waals surface area contributed by atoms with Crippen LogP contribution in [0.5, 0.6) is 0 Å². The quantitative estimate of drug-likeness (QED) is 0.280. The van der Waals surface area contributed by atoms with Crippen LogP contribution in [-0.4, -0.2) is 22.0 Å². The lowest BCUT2D eigenvalue weighted by Crippen LogP contribution is -2.17. The minimum Gasteiger partial charge on any atom is -0.409 e. The molecule has 3 nitrogen and oxygen atoms in total. The molecule has 1 aliphatic rings. The molecule has 20 heavy (non-hydrogen) atoms. The minimum atomic E-state index is 0.222. The summed E-state index contributed by atoms with van der Waals surface area (Å²) in [5.74, 6) is 1.20. The van der Waals surface area contributed by atoms with Crippen molar-refractivity contribution in [3.63, 3.8) is 0 Å². The normalized spacial score (nSPS) is 17.4. The van der Waals surface area contributed by atoms with E-state index >= 15 is 0 Å². The van der Waals surface area contributed by atoms with Crippen molar-refractivity contribution < 1.29 is 5.21 Å². The molecule has 5 heteroatoms. The van der Waals surface area contributed by atoms with Gasteiger partial charge in [-0.3, -0.25) is 0 Å². The molecule has 1 aromatic carbocycles. The second-order valence-electron chi connectivity index (χ2n) is 4.93. The maximum atomic E-state index is 9.06. The number of nitrogens with two attached hydrogens (primary N) is 1. The Morgan fingerprint density at radius 3 is 2.65 bits per heavy atom. The van der Waals surface area contributed by atoms with E-state index in [4.69, 9.17) is 10.9 Å². The predicted molar refractivity (Wildman–Crippen MR) is 88.1 cm³/mol. The summed E-state index contributed by atoms with van der Waals surface area (Å²) < 4.78 is 0. The van der Waals surface area contributed by atoms with Gasteiger partial charge in [-0.05, 0) is 30.7 Å². The summed E-state index contributed by atoms with van der Waals surface area (Å²) in [5.41, 5.74) is 6.81. The summed E-state index contributed by atoms with van der Waals surface area (Å²) in [7, 11) is 0. The summed E-state index contributed by atoms with van der Waals surface area (Å²) in [6, 6.07) is 6.20. The summed E-state index contributed by atoms with van der Waals surface area (Å²) >= 11 is 3.63. The van der Waals surface area contributed by atoms with E-state index in [-0.39, 0.29) is 5.84 Å². The molecule has 0 saturated heterocycles. The number of amidine groups is 1. The number of thioether (sulfide) groups is 2. The number of rotatable bonds is 5. The zero-order valence-corrected chi connectivity index (χ0v) is 13.5. The van der Waals surface area contributed by atoms with Gasteiger partial charge in [-0.15, -0.1) is 23.5 Å². The SMILES string of the molecule is CCSc1cccc(SC2CCCCC2)c1/C(N)=N/O. The Morgan fingerprint density at radius 1 is 1.30 bits per heavy atom. The standard InChI is InChI=1S/C15H22N2OS2/c1-2-19-12-9-6-10-13(14(12)15(16)17-18)20-11-7-4-3-5-8-11/h6,9-11,18H,2-5,7-8H2,1H3,(H2,16,17). The lowest BCUT2D eigenvalue weighted by Gasteiger charge is -2.22. The van der Waals surface area contributed by atoms with Crippen molar-refractivity contribution >= 4 is 29.4 Å². The van der Waals surface area contributed by atoms with Crippen LogP contribution in [0.3, 0.4) is 0 Å². The average Bonchev–Trinajstić information content (AvgIpc) is 2.48. The first kappa shape index (κ1) is 15.6. The second-order valence-corrected chi connectivity index (χ2v) is 7.57. The fourth-order valence-electron chi connectivity index (χ4n) is 2.55. The molecular formula is C15H22N2OS2. The van der Waals surface area contributed by atoms with Gasteiger partial charge in [0.15, 0.2) is 5.84 Å². The molecule has 0 atom stereocenters. The molecule has 2 rings (SSSR count). The van der Waals surface area contributed by atoms with Crippen molar-refractivity contribution in [2.24, 2.45) is 10.9 Å². The van der Waals surface area contributed by atoms with E-state index in [0.717, 1.165) is 21.1 Å². The molecule has 0 amide bonds. The second kappa shape index (κ2) is 7.84. The Morgan fingerprint density at radius 2 is 2.00 bits per heavy atom. The molecule has 3 N–H and O–H groups in total. The van der Waals surface area contributed by atoms with E-state index < -0.39 is 0 Å². The number of hydrogen-bond donors (Lipinski definition) is 2. The van der Waals surface area contributed by atoms with Gasteiger partial charge in [0.1, 0.15) is 0 Å². The fraction of sp³-hybridized carbons (Fsp3) is 0.533. The van der Waals surface area contributed by atoms with Crippen LogP contribution in [0.4, 0.5) is 0 Å². The Hall–Kier alpha value is -0.810. The molecule has 0 bridgehead atoms. The van der Waals surface area contributed by atoms with Gasteiger partial charge in [-0.2, -0.15) is 0 Å². The van der Waals surface area contributed by atoms with Crippen LogP contribution in [0.2, 0.25) is 0 Å². The number of nitrogens with zero attached hydrogens (tertiary/aromatic N) is 1. The van der Waals surface area contributed by atoms with E-state index in [1.165, 1.54) is 32.1 Å². The molecule has 1 fully saturated rings. The van der Waals surface area contributed by atoms with E-state index in [0.29, 0.717) is 5.25 Å². The van der Waals surface area contributed by atoms with Crippen LogP contribution >= 0.6 is 23.5 Å². The Kier molecular flexibility index (Phi) is 6.10. The minimum absolute atomic E-state index is 0.222. The zero-order chi connectivity index (χ0) is 14.4. The molecule has 1 aliphatic carbocycles. The van der Waals surface area contributed by atoms with Crippen LogP contribution < -0.4 is 5.73 Å². The molecular weight excluding hydrogens is 288 g/mol. The highest BCUT2D eigenvalue weighted by molar-refractivity contribution is 8.00. The largest absolute Gasteiger partial charge is 0.409 e. The van der Waals surface area contributed by atoms with Gasteiger partial charge >= 0.3 is 0 Å². The van der Waals surface area contributed by atoms with E-state index in [9.17, 15) is 0 Å². The number of oxime groups is 1. The van der Waals surface area contributed by atoms with Crippen molar-refractivity contribution in [1.82, 2.24) is 0 Å². The van der Waals surface area contributed by atoms with Crippen LogP contribution in [0.15, 0.2) is 33.1 Å². The summed E-state index contributed by atoms with van der Waals surface area (Å²) in [6.45, 7) is 2.11. The smallest absolute Gasteiger partial charge is 0.172 e. The summed E-state index contributed by atoms with van der Waals surface area (Å²) in [4.78, 5) is 2.24. The van der Waals surface area contributed by atoms with E-state index in [1.807, 2.05) is 17.8 Å². The van der Waals surface area contributed by atoms with E-state index in [2.05, 4.69) is 24.2 Å². The van der Waals surface area contributed by atoms with E-state index in [1.54, 1.807) is 11.8 Å². The number of benzene rings is 1. The summed E-state index contributed by atoms with van der Waals surface area (Å²) in [5, 5.41) is 12.9. The molecule has 0 unspecified atom stereocenters. The van der Waals surface area contributed by atoms with Crippen molar-refractivity contribution in [2.45, 2.75) is 54.1 Å². The van der Waals surface area contributed by atoms with Crippen molar-refractivity contribution in [2.75, 3.05) is 5.75 Å². The van der Waals surface area contributed by atoms with Gasteiger partial charge in [0, 0.05) is 20.6 Å². The van der Waals surface area contributed by atoms with Gasteiger partial charge < -0.3 is 10.9 Å². The highest BCUT2D eigenvalue weighted by Gasteiger charge is 2.19. The lowest BCUT2D eigenvalue weighted by molar-refractivity contribution is 0.318. The van der Waals surface area contributed by atoms with Crippen LogP contribution in [0.25, 0.3) is 0 Å². The monoisotopic (exact) mass is 310 g/mol. The number of hydrogen-bond acceptors (Lipinski definition) is 4. The highest BCUT2D eigenvalue weighted by atomic mass is 32.2. The fourth-order valence-corrected chi connectivity index (χ4v) is 4.88. The van der Waals surface area contributed by atoms with Crippen LogP contribution in [0.1, 0.15) is 44.6 Å². The third kappa shape index (κ3) is 3.85. The van der Waals surface area contributed by atoms with Gasteiger partial charge in [-0.1, -0.05) is 37.4 Å². The molecule has 1 aromatic rings. The summed E-state index contributed by atoms with van der Waals surface area (Å²) in [6.07, 6.45) is 6.53. The van der Waals surface area contributed by atoms with Gasteiger partial charge in [-0.25, -0.2) is 0 Å². The maximum Gasteiger partial charge on any atom is 0.172 e. The van der Waals surface area contributed by atoms with Crippen molar-refractivity contribution in [3.05, 3.63) is 23.8 Å². The van der Waals surface area contributed by atoms with Gasteiger partial charge in [0.05, 0.1) is 0 Å². The lowest BCUT2D eigenvalue weighted by atomic mass is 10.0. The third-order valence-electron chi connectivity index (χ3n) is 3.50. The molecule has 110 valence electrons. The first-order valence-corrected chi connectivity index (χ1v) is 9.03. The predicted octanol–water partition coefficient (Wildman–Crippen LogP) is 4.32. The first-order chi connectivity index (χ1) is 9.76. The van der Waals surface area contributed by atoms with Crippen LogP contribution in [0, 0.1) is 0 Å². The molecule has 1 saturated carbocycles. The topological polar surface area (TPSA) is 58.6 Å². The van der Waals surface area contributed by atoms with Gasteiger partial charge in [0.2, 0.25) is 0 Å². The van der Waals surface area contributed by atoms with Crippen LogP contribution in [-0.2, 0) is 0 Å². The van der Waals surface area contributed by atoms with Crippen molar-refractivity contribution in [1.29, 1.82) is 0 Å². The zero-order valence-electron chi connectivity index (χ0n) is 11.8. The molecule has 0 heterocycles. The average molecular weight is 310 g/mol. The Bertz CT molecular complexity index is 471. The Labute approximate surface area is 129 Å². The molecule has 0 spiro atoms. The third-order valence-corrected chi connectivity index (χ3v) is 5.84. The highest BCUT2D eigenvalue weighted by Crippen LogP contribution is 2.38. The molecule has 0 radical (unpaired) electrons. The Balaban J connectivity index is 2.28. The van der Waals surface area contributed by atoms with Crippen molar-refractivity contribution in [3.8, 4) is 0 Å². The maximum absolute atomic E-state index is 9.06. The first-order valence-electron chi connectivity index (χ1n) is 7.16. The molecule has 0 aliphatic heterocycles. The van der Waals surface area contributed by atoms with Gasteiger partial charge in [0.25, 0.3) is 0 Å². The molecule has 0 aromatic heterocycles.